The number of carbonyl (C=O) groups excluding carboxylic acids is 1. The standard InChI is InChI=1S/C15H22N2O2/c1-11(13-7-5-12(10-16)6-8-13)17-15(18)14-4-2-3-9-19-14/h5-8,11,14H,2-4,9-10,16H2,1H3,(H,17,18). The average Bonchev–Trinajstić information content (AvgIpc) is 2.48. The molecule has 1 aliphatic rings. The summed E-state index contributed by atoms with van der Waals surface area (Å²) in [5.41, 5.74) is 7.75. The monoisotopic (exact) mass is 262 g/mol. The van der Waals surface area contributed by atoms with Crippen LogP contribution in [-0.2, 0) is 16.1 Å². The highest BCUT2D eigenvalue weighted by Gasteiger charge is 2.23. The van der Waals surface area contributed by atoms with Gasteiger partial charge in [0.2, 0.25) is 5.91 Å². The number of benzene rings is 1. The van der Waals surface area contributed by atoms with Crippen LogP contribution in [0.25, 0.3) is 0 Å². The zero-order chi connectivity index (χ0) is 13.7. The average molecular weight is 262 g/mol. The molecule has 2 rings (SSSR count). The van der Waals surface area contributed by atoms with Gasteiger partial charge >= 0.3 is 0 Å². The lowest BCUT2D eigenvalue weighted by Gasteiger charge is -2.24. The van der Waals surface area contributed by atoms with Gasteiger partial charge in [0.1, 0.15) is 6.10 Å². The van der Waals surface area contributed by atoms with Crippen molar-refractivity contribution in [1.29, 1.82) is 0 Å². The summed E-state index contributed by atoms with van der Waals surface area (Å²) in [7, 11) is 0. The van der Waals surface area contributed by atoms with E-state index in [2.05, 4.69) is 5.32 Å². The third-order valence-electron chi connectivity index (χ3n) is 3.55. The van der Waals surface area contributed by atoms with E-state index < -0.39 is 0 Å². The zero-order valence-electron chi connectivity index (χ0n) is 11.4. The Morgan fingerprint density at radius 1 is 1.42 bits per heavy atom. The van der Waals surface area contributed by atoms with Crippen molar-refractivity contribution in [2.24, 2.45) is 5.73 Å². The normalized spacial score (nSPS) is 20.8. The molecule has 1 aromatic rings. The maximum Gasteiger partial charge on any atom is 0.249 e. The van der Waals surface area contributed by atoms with Crippen molar-refractivity contribution in [1.82, 2.24) is 5.32 Å². The second-order valence-electron chi connectivity index (χ2n) is 5.03. The summed E-state index contributed by atoms with van der Waals surface area (Å²) in [6.45, 7) is 3.22. The molecule has 4 heteroatoms. The minimum atomic E-state index is -0.278. The van der Waals surface area contributed by atoms with Crippen molar-refractivity contribution in [3.63, 3.8) is 0 Å². The minimum absolute atomic E-state index is 0.00454. The van der Waals surface area contributed by atoms with Crippen LogP contribution in [0, 0.1) is 0 Å². The number of amides is 1. The van der Waals surface area contributed by atoms with Gasteiger partial charge in [0.25, 0.3) is 0 Å². The van der Waals surface area contributed by atoms with Crippen LogP contribution in [0.2, 0.25) is 0 Å². The van der Waals surface area contributed by atoms with E-state index in [4.69, 9.17) is 10.5 Å². The summed E-state index contributed by atoms with van der Waals surface area (Å²) < 4.78 is 5.48. The predicted octanol–water partition coefficient (Wildman–Crippen LogP) is 1.89. The summed E-state index contributed by atoms with van der Waals surface area (Å²) in [6.07, 6.45) is 2.67. The van der Waals surface area contributed by atoms with Gasteiger partial charge < -0.3 is 15.8 Å². The Hall–Kier alpha value is -1.39. The molecule has 1 saturated heterocycles. The number of nitrogens with two attached hydrogens (primary N) is 1. The van der Waals surface area contributed by atoms with Crippen molar-refractivity contribution >= 4 is 5.91 Å². The molecule has 4 nitrogen and oxygen atoms in total. The van der Waals surface area contributed by atoms with Gasteiger partial charge in [-0.2, -0.15) is 0 Å². The van der Waals surface area contributed by atoms with Crippen LogP contribution in [0.4, 0.5) is 0 Å². The lowest BCUT2D eigenvalue weighted by molar-refractivity contribution is -0.136. The first-order chi connectivity index (χ1) is 9.20. The zero-order valence-corrected chi connectivity index (χ0v) is 11.4. The molecule has 0 bridgehead atoms. The Labute approximate surface area is 114 Å². The lowest BCUT2D eigenvalue weighted by atomic mass is 10.0. The summed E-state index contributed by atoms with van der Waals surface area (Å²) in [5, 5.41) is 3.01. The van der Waals surface area contributed by atoms with Crippen LogP contribution in [-0.4, -0.2) is 18.6 Å². The molecular formula is C15H22N2O2. The maximum absolute atomic E-state index is 12.0. The van der Waals surface area contributed by atoms with Gasteiger partial charge in [-0.25, -0.2) is 0 Å². The SMILES string of the molecule is CC(NC(=O)C1CCCCO1)c1ccc(CN)cc1. The summed E-state index contributed by atoms with van der Waals surface area (Å²) >= 11 is 0. The smallest absolute Gasteiger partial charge is 0.249 e. The van der Waals surface area contributed by atoms with Gasteiger partial charge in [0.15, 0.2) is 0 Å². The maximum atomic E-state index is 12.0. The molecule has 1 heterocycles. The molecule has 2 unspecified atom stereocenters. The molecule has 0 saturated carbocycles. The Balaban J connectivity index is 1.91. The van der Waals surface area contributed by atoms with Gasteiger partial charge in [0, 0.05) is 13.2 Å². The van der Waals surface area contributed by atoms with Crippen LogP contribution in [0.3, 0.4) is 0 Å². The highest BCUT2D eigenvalue weighted by Crippen LogP contribution is 2.16. The Bertz CT molecular complexity index is 411. The van der Waals surface area contributed by atoms with E-state index in [-0.39, 0.29) is 18.1 Å². The quantitative estimate of drug-likeness (QED) is 0.871. The van der Waals surface area contributed by atoms with E-state index in [0.29, 0.717) is 13.2 Å². The fraction of sp³-hybridized carbons (Fsp3) is 0.533. The van der Waals surface area contributed by atoms with Crippen LogP contribution < -0.4 is 11.1 Å². The molecule has 0 aromatic heterocycles. The van der Waals surface area contributed by atoms with Crippen LogP contribution in [0.5, 0.6) is 0 Å². The molecule has 2 atom stereocenters. The number of ether oxygens (including phenoxy) is 1. The lowest BCUT2D eigenvalue weighted by Crippen LogP contribution is -2.39. The molecule has 1 aliphatic heterocycles. The highest BCUT2D eigenvalue weighted by molar-refractivity contribution is 5.81. The predicted molar refractivity (Wildman–Crippen MR) is 74.5 cm³/mol. The molecule has 104 valence electrons. The van der Waals surface area contributed by atoms with Gasteiger partial charge in [0.05, 0.1) is 6.04 Å². The van der Waals surface area contributed by atoms with Crippen molar-refractivity contribution in [3.05, 3.63) is 35.4 Å². The molecule has 0 spiro atoms. The van der Waals surface area contributed by atoms with Crippen molar-refractivity contribution < 1.29 is 9.53 Å². The number of rotatable bonds is 4. The van der Waals surface area contributed by atoms with Gasteiger partial charge in [-0.3, -0.25) is 4.79 Å². The molecule has 0 aliphatic carbocycles. The number of carbonyl (C=O) groups is 1. The Morgan fingerprint density at radius 3 is 2.74 bits per heavy atom. The van der Waals surface area contributed by atoms with Gasteiger partial charge in [-0.1, -0.05) is 24.3 Å². The van der Waals surface area contributed by atoms with E-state index in [1.807, 2.05) is 31.2 Å². The first-order valence-corrected chi connectivity index (χ1v) is 6.91. The van der Waals surface area contributed by atoms with E-state index in [1.54, 1.807) is 0 Å². The third-order valence-corrected chi connectivity index (χ3v) is 3.55. The summed E-state index contributed by atoms with van der Waals surface area (Å²) in [6, 6.07) is 8.00. The minimum Gasteiger partial charge on any atom is -0.368 e. The van der Waals surface area contributed by atoms with E-state index in [9.17, 15) is 4.79 Å². The molecule has 1 fully saturated rings. The second-order valence-corrected chi connectivity index (χ2v) is 5.03. The van der Waals surface area contributed by atoms with Gasteiger partial charge in [-0.15, -0.1) is 0 Å². The number of hydrogen-bond donors (Lipinski definition) is 2. The van der Waals surface area contributed by atoms with E-state index in [0.717, 1.165) is 30.4 Å². The fourth-order valence-corrected chi connectivity index (χ4v) is 2.28. The molecule has 1 aromatic carbocycles. The molecule has 19 heavy (non-hydrogen) atoms. The molecular weight excluding hydrogens is 240 g/mol. The van der Waals surface area contributed by atoms with Crippen LogP contribution >= 0.6 is 0 Å². The van der Waals surface area contributed by atoms with Crippen molar-refractivity contribution in [2.75, 3.05) is 6.61 Å². The van der Waals surface area contributed by atoms with E-state index in [1.165, 1.54) is 0 Å². The third kappa shape index (κ3) is 3.78. The van der Waals surface area contributed by atoms with Gasteiger partial charge in [-0.05, 0) is 37.3 Å². The van der Waals surface area contributed by atoms with Crippen molar-refractivity contribution in [3.8, 4) is 0 Å². The fourth-order valence-electron chi connectivity index (χ4n) is 2.28. The first kappa shape index (κ1) is 14.0. The Morgan fingerprint density at radius 2 is 2.16 bits per heavy atom. The second kappa shape index (κ2) is 6.68. The summed E-state index contributed by atoms with van der Waals surface area (Å²) in [4.78, 5) is 12.0. The van der Waals surface area contributed by atoms with Crippen LogP contribution in [0.1, 0.15) is 43.4 Å². The Kier molecular flexibility index (Phi) is 4.93. The molecule has 1 amide bonds. The number of hydrogen-bond acceptors (Lipinski definition) is 3. The topological polar surface area (TPSA) is 64.3 Å². The molecule has 0 radical (unpaired) electrons. The summed E-state index contributed by atoms with van der Waals surface area (Å²) in [5.74, 6) is -0.00454. The largest absolute Gasteiger partial charge is 0.368 e. The van der Waals surface area contributed by atoms with Crippen molar-refractivity contribution in [2.45, 2.75) is 44.9 Å². The van der Waals surface area contributed by atoms with E-state index >= 15 is 0 Å². The highest BCUT2D eigenvalue weighted by atomic mass is 16.5. The molecule has 3 N–H and O–H groups in total. The van der Waals surface area contributed by atoms with Crippen LogP contribution in [0.15, 0.2) is 24.3 Å². The first-order valence-electron chi connectivity index (χ1n) is 6.91. The number of nitrogens with one attached hydrogen (secondary N) is 1.